The van der Waals surface area contributed by atoms with E-state index in [0.717, 1.165) is 27.1 Å². The monoisotopic (exact) mass is 423 g/mol. The number of pyridine rings is 1. The number of imidazole rings is 1. The Morgan fingerprint density at radius 1 is 1.07 bits per heavy atom. The summed E-state index contributed by atoms with van der Waals surface area (Å²) in [5, 5.41) is 6.37. The van der Waals surface area contributed by atoms with Crippen molar-refractivity contribution in [3.05, 3.63) is 65.3 Å². The van der Waals surface area contributed by atoms with E-state index in [-0.39, 0.29) is 0 Å². The van der Waals surface area contributed by atoms with Gasteiger partial charge in [-0.3, -0.25) is 0 Å². The second-order valence-electron chi connectivity index (χ2n) is 5.98. The van der Waals surface area contributed by atoms with Crippen molar-refractivity contribution in [2.45, 2.75) is 0 Å². The van der Waals surface area contributed by atoms with E-state index in [4.69, 9.17) is 9.72 Å². The summed E-state index contributed by atoms with van der Waals surface area (Å²) >= 11 is 3.45. The minimum absolute atomic E-state index is 0.670. The number of nitrogens with zero attached hydrogens (tertiary/aromatic N) is 3. The van der Waals surface area contributed by atoms with Crippen LogP contribution in [0.25, 0.3) is 11.0 Å². The van der Waals surface area contributed by atoms with Gasteiger partial charge < -0.3 is 19.9 Å². The molecular weight excluding hydrogens is 406 g/mol. The number of anilines is 3. The zero-order chi connectivity index (χ0) is 18.8. The maximum absolute atomic E-state index is 5.99. The van der Waals surface area contributed by atoms with E-state index in [1.54, 1.807) is 6.20 Å². The zero-order valence-electron chi connectivity index (χ0n) is 14.9. The Bertz CT molecular complexity index is 1090. The molecule has 7 heteroatoms. The number of nitrogens with one attached hydrogen (secondary N) is 2. The molecular formula is C20H18BrN5O. The first-order valence-electron chi connectivity index (χ1n) is 8.44. The highest BCUT2D eigenvalue weighted by atomic mass is 79.9. The summed E-state index contributed by atoms with van der Waals surface area (Å²) in [6.45, 7) is 0. The van der Waals surface area contributed by atoms with Crippen LogP contribution in [0.15, 0.2) is 65.3 Å². The smallest absolute Gasteiger partial charge is 0.208 e. The van der Waals surface area contributed by atoms with Crippen molar-refractivity contribution in [1.29, 1.82) is 0 Å². The minimum Gasteiger partial charge on any atom is -0.453 e. The summed E-state index contributed by atoms with van der Waals surface area (Å²) in [5.74, 6) is 2.83. The van der Waals surface area contributed by atoms with Crippen LogP contribution in [0.5, 0.6) is 11.5 Å². The molecule has 4 rings (SSSR count). The molecule has 0 radical (unpaired) electrons. The fourth-order valence-corrected chi connectivity index (χ4v) is 3.07. The number of halogens is 1. The Labute approximate surface area is 165 Å². The Kier molecular flexibility index (Phi) is 4.68. The van der Waals surface area contributed by atoms with Gasteiger partial charge in [0.15, 0.2) is 11.6 Å². The van der Waals surface area contributed by atoms with Gasteiger partial charge in [0.1, 0.15) is 5.75 Å². The van der Waals surface area contributed by atoms with Gasteiger partial charge in [0.2, 0.25) is 5.95 Å². The summed E-state index contributed by atoms with van der Waals surface area (Å²) in [6, 6.07) is 17.6. The lowest BCUT2D eigenvalue weighted by atomic mass is 10.3. The molecule has 2 aromatic heterocycles. The van der Waals surface area contributed by atoms with Crippen molar-refractivity contribution in [1.82, 2.24) is 14.5 Å². The van der Waals surface area contributed by atoms with Crippen LogP contribution in [0.1, 0.15) is 0 Å². The Balaban J connectivity index is 1.63. The fourth-order valence-electron chi connectivity index (χ4n) is 2.80. The van der Waals surface area contributed by atoms with Crippen LogP contribution in [-0.2, 0) is 7.05 Å². The Hall–Kier alpha value is -3.06. The van der Waals surface area contributed by atoms with Crippen LogP contribution in [0.4, 0.5) is 17.5 Å². The molecule has 0 bridgehead atoms. The van der Waals surface area contributed by atoms with E-state index >= 15 is 0 Å². The van der Waals surface area contributed by atoms with E-state index in [0.29, 0.717) is 17.3 Å². The molecule has 0 saturated heterocycles. The van der Waals surface area contributed by atoms with E-state index < -0.39 is 0 Å². The second kappa shape index (κ2) is 7.28. The average Bonchev–Trinajstić information content (AvgIpc) is 2.99. The number of aromatic nitrogens is 3. The van der Waals surface area contributed by atoms with Gasteiger partial charge in [-0.05, 0) is 48.5 Å². The zero-order valence-corrected chi connectivity index (χ0v) is 16.5. The van der Waals surface area contributed by atoms with Crippen LogP contribution in [0.3, 0.4) is 0 Å². The van der Waals surface area contributed by atoms with E-state index in [9.17, 15) is 0 Å². The Morgan fingerprint density at radius 2 is 1.89 bits per heavy atom. The van der Waals surface area contributed by atoms with Crippen molar-refractivity contribution in [3.8, 4) is 11.5 Å². The third-order valence-electron chi connectivity index (χ3n) is 4.19. The summed E-state index contributed by atoms with van der Waals surface area (Å²) in [7, 11) is 3.80. The predicted octanol–water partition coefficient (Wildman–Crippen LogP) is 5.31. The van der Waals surface area contributed by atoms with Gasteiger partial charge in [-0.25, -0.2) is 9.97 Å². The van der Waals surface area contributed by atoms with E-state index in [1.807, 2.05) is 73.3 Å². The highest BCUT2D eigenvalue weighted by Crippen LogP contribution is 2.30. The first-order chi connectivity index (χ1) is 13.1. The number of hydrogen-bond donors (Lipinski definition) is 2. The lowest BCUT2D eigenvalue weighted by Gasteiger charge is -2.09. The van der Waals surface area contributed by atoms with Gasteiger partial charge >= 0.3 is 0 Å². The molecule has 0 amide bonds. The molecule has 2 aromatic carbocycles. The van der Waals surface area contributed by atoms with Crippen LogP contribution < -0.4 is 15.4 Å². The highest BCUT2D eigenvalue weighted by Gasteiger charge is 2.11. The second-order valence-corrected chi connectivity index (χ2v) is 6.89. The van der Waals surface area contributed by atoms with E-state index in [2.05, 4.69) is 31.5 Å². The molecule has 136 valence electrons. The molecule has 0 unspecified atom stereocenters. The molecule has 2 heterocycles. The van der Waals surface area contributed by atoms with Crippen molar-refractivity contribution >= 4 is 44.4 Å². The number of benzene rings is 2. The van der Waals surface area contributed by atoms with Crippen molar-refractivity contribution < 1.29 is 4.74 Å². The molecule has 0 saturated carbocycles. The van der Waals surface area contributed by atoms with Gasteiger partial charge in [0.05, 0.1) is 11.0 Å². The third-order valence-corrected chi connectivity index (χ3v) is 4.72. The van der Waals surface area contributed by atoms with Gasteiger partial charge in [0.25, 0.3) is 0 Å². The maximum Gasteiger partial charge on any atom is 0.208 e. The van der Waals surface area contributed by atoms with E-state index in [1.165, 1.54) is 0 Å². The van der Waals surface area contributed by atoms with Gasteiger partial charge in [0, 0.05) is 36.5 Å². The average molecular weight is 424 g/mol. The van der Waals surface area contributed by atoms with Gasteiger partial charge in [-0.15, -0.1) is 0 Å². The molecule has 2 N–H and O–H groups in total. The summed E-state index contributed by atoms with van der Waals surface area (Å²) in [4.78, 5) is 8.96. The maximum atomic E-state index is 5.99. The number of ether oxygens (including phenoxy) is 1. The lowest BCUT2D eigenvalue weighted by Crippen LogP contribution is -1.98. The number of aryl methyl sites for hydroxylation is 1. The normalized spacial score (nSPS) is 10.8. The summed E-state index contributed by atoms with van der Waals surface area (Å²) in [6.07, 6.45) is 1.72. The first kappa shape index (κ1) is 17.4. The molecule has 6 nitrogen and oxygen atoms in total. The molecule has 0 atom stereocenters. The first-order valence-corrected chi connectivity index (χ1v) is 9.23. The highest BCUT2D eigenvalue weighted by molar-refractivity contribution is 9.10. The largest absolute Gasteiger partial charge is 0.453 e. The third kappa shape index (κ3) is 3.59. The quantitative estimate of drug-likeness (QED) is 0.455. The minimum atomic E-state index is 0.670. The standard InChI is InChI=1S/C20H18BrN5O/c1-22-19-18(4-3-11-23-19)27-15-9-10-17-16(12-15)25-20(26(17)2)24-14-7-5-13(21)6-8-14/h3-12H,1-2H3,(H,22,23)(H,24,25). The van der Waals surface area contributed by atoms with Crippen molar-refractivity contribution in [3.63, 3.8) is 0 Å². The van der Waals surface area contributed by atoms with Crippen LogP contribution in [0.2, 0.25) is 0 Å². The number of fused-ring (bicyclic) bond motifs is 1. The summed E-state index contributed by atoms with van der Waals surface area (Å²) in [5.41, 5.74) is 2.84. The molecule has 0 fully saturated rings. The van der Waals surface area contributed by atoms with Gasteiger partial charge in [-0.2, -0.15) is 0 Å². The fraction of sp³-hybridized carbons (Fsp3) is 0.100. The van der Waals surface area contributed by atoms with Crippen molar-refractivity contribution in [2.24, 2.45) is 7.05 Å². The molecule has 27 heavy (non-hydrogen) atoms. The van der Waals surface area contributed by atoms with Crippen LogP contribution in [0, 0.1) is 0 Å². The molecule has 4 aromatic rings. The van der Waals surface area contributed by atoms with Crippen molar-refractivity contribution in [2.75, 3.05) is 17.7 Å². The molecule has 0 spiro atoms. The van der Waals surface area contributed by atoms with Gasteiger partial charge in [-0.1, -0.05) is 15.9 Å². The summed E-state index contributed by atoms with van der Waals surface area (Å²) < 4.78 is 9.05. The topological polar surface area (TPSA) is 64.0 Å². The van der Waals surface area contributed by atoms with Crippen LogP contribution >= 0.6 is 15.9 Å². The van der Waals surface area contributed by atoms with Crippen LogP contribution in [-0.4, -0.2) is 21.6 Å². The lowest BCUT2D eigenvalue weighted by molar-refractivity contribution is 0.483. The molecule has 0 aliphatic carbocycles. The SMILES string of the molecule is CNc1ncccc1Oc1ccc2c(c1)nc(Nc1ccc(Br)cc1)n2C. The Morgan fingerprint density at radius 3 is 2.67 bits per heavy atom. The number of hydrogen-bond acceptors (Lipinski definition) is 5. The molecule has 0 aliphatic heterocycles. The predicted molar refractivity (Wildman–Crippen MR) is 112 cm³/mol. The number of rotatable bonds is 5. The molecule has 0 aliphatic rings.